The van der Waals surface area contributed by atoms with Crippen molar-refractivity contribution in [1.82, 2.24) is 10.6 Å². The van der Waals surface area contributed by atoms with Crippen molar-refractivity contribution in [3.63, 3.8) is 0 Å². The molecule has 0 saturated carbocycles. The number of hydrogen-bond donors (Lipinski definition) is 2. The molecule has 2 N–H and O–H groups in total. The Morgan fingerprint density at radius 2 is 1.16 bits per heavy atom. The normalized spacial score (nSPS) is 14.6. The molecule has 4 nitrogen and oxygen atoms in total. The lowest BCUT2D eigenvalue weighted by Crippen LogP contribution is -2.54. The van der Waals surface area contributed by atoms with E-state index in [1.165, 1.54) is 0 Å². The topological polar surface area (TPSA) is 58.2 Å². The number of nitrogens with one attached hydrogen (secondary N) is 2. The molecule has 0 aromatic rings. The van der Waals surface area contributed by atoms with Crippen molar-refractivity contribution in [3.8, 4) is 0 Å². The van der Waals surface area contributed by atoms with Gasteiger partial charge < -0.3 is 10.6 Å². The van der Waals surface area contributed by atoms with E-state index in [1.807, 2.05) is 41.5 Å². The number of amides is 2. The van der Waals surface area contributed by atoms with Crippen molar-refractivity contribution in [2.75, 3.05) is 0 Å². The van der Waals surface area contributed by atoms with Gasteiger partial charge in [-0.2, -0.15) is 0 Å². The van der Waals surface area contributed by atoms with Crippen LogP contribution in [0.3, 0.4) is 0 Å². The van der Waals surface area contributed by atoms with E-state index in [2.05, 4.69) is 10.6 Å². The molecule has 0 aromatic heterocycles. The Morgan fingerprint density at radius 1 is 0.842 bits per heavy atom. The van der Waals surface area contributed by atoms with E-state index >= 15 is 0 Å². The van der Waals surface area contributed by atoms with Gasteiger partial charge in [-0.25, -0.2) is 0 Å². The van der Waals surface area contributed by atoms with E-state index < -0.39 is 5.41 Å². The lowest BCUT2D eigenvalue weighted by atomic mass is 9.79. The van der Waals surface area contributed by atoms with Gasteiger partial charge in [0, 0.05) is 12.1 Å². The van der Waals surface area contributed by atoms with E-state index in [0.29, 0.717) is 12.8 Å². The monoisotopic (exact) mass is 270 g/mol. The Labute approximate surface area is 117 Å². The van der Waals surface area contributed by atoms with Crippen LogP contribution in [0.25, 0.3) is 0 Å². The molecule has 0 heterocycles. The van der Waals surface area contributed by atoms with Gasteiger partial charge in [-0.1, -0.05) is 27.7 Å². The Kier molecular flexibility index (Phi) is 7.72. The summed E-state index contributed by atoms with van der Waals surface area (Å²) in [5, 5.41) is 5.89. The third-order valence-corrected chi connectivity index (χ3v) is 4.06. The quantitative estimate of drug-likeness (QED) is 0.666. The van der Waals surface area contributed by atoms with E-state index in [4.69, 9.17) is 0 Å². The zero-order chi connectivity index (χ0) is 15.1. The van der Waals surface area contributed by atoms with Gasteiger partial charge in [0.2, 0.25) is 11.8 Å². The summed E-state index contributed by atoms with van der Waals surface area (Å²) in [5.74, 6) is -0.291. The third kappa shape index (κ3) is 4.51. The molecular weight excluding hydrogens is 240 g/mol. The minimum absolute atomic E-state index is 0.0985. The first-order chi connectivity index (χ1) is 8.87. The van der Waals surface area contributed by atoms with E-state index in [1.54, 1.807) is 0 Å². The molecule has 0 rings (SSSR count). The van der Waals surface area contributed by atoms with Gasteiger partial charge >= 0.3 is 0 Å². The maximum atomic E-state index is 12.4. The highest BCUT2D eigenvalue weighted by Crippen LogP contribution is 2.27. The fraction of sp³-hybridized carbons (Fsp3) is 0.867. The van der Waals surface area contributed by atoms with Gasteiger partial charge in [0.15, 0.2) is 0 Å². The van der Waals surface area contributed by atoms with Gasteiger partial charge in [0.1, 0.15) is 5.41 Å². The first kappa shape index (κ1) is 17.9. The standard InChI is InChI=1S/C15H30N2O2/c1-7-11(5)16-13(18)15(9-3,10-4)14(19)17-12(6)8-2/h11-12H,7-10H2,1-6H3,(H,16,18)(H,17,19). The highest BCUT2D eigenvalue weighted by Gasteiger charge is 2.43. The number of hydrogen-bond acceptors (Lipinski definition) is 2. The summed E-state index contributed by atoms with van der Waals surface area (Å²) in [6.45, 7) is 11.8. The molecule has 2 unspecified atom stereocenters. The minimum atomic E-state index is -0.938. The lowest BCUT2D eigenvalue weighted by Gasteiger charge is -2.31. The van der Waals surface area contributed by atoms with Crippen LogP contribution < -0.4 is 10.6 Å². The van der Waals surface area contributed by atoms with Crippen LogP contribution in [0.4, 0.5) is 0 Å². The summed E-state index contributed by atoms with van der Waals surface area (Å²) in [6.07, 6.45) is 2.77. The molecule has 0 bridgehead atoms. The maximum Gasteiger partial charge on any atom is 0.235 e. The molecule has 0 aliphatic heterocycles. The summed E-state index contributed by atoms with van der Waals surface area (Å²) in [5.41, 5.74) is -0.938. The number of carbonyl (C=O) groups excluding carboxylic acids is 2. The second kappa shape index (κ2) is 8.18. The Hall–Kier alpha value is -1.06. The van der Waals surface area contributed by atoms with Crippen LogP contribution in [-0.4, -0.2) is 23.9 Å². The van der Waals surface area contributed by atoms with Crippen molar-refractivity contribution in [1.29, 1.82) is 0 Å². The largest absolute Gasteiger partial charge is 0.353 e. The lowest BCUT2D eigenvalue weighted by molar-refractivity contribution is -0.145. The molecular formula is C15H30N2O2. The Bertz CT molecular complexity index is 273. The summed E-state index contributed by atoms with van der Waals surface area (Å²) in [4.78, 5) is 24.9. The molecule has 19 heavy (non-hydrogen) atoms. The maximum absolute atomic E-state index is 12.4. The van der Waals surface area contributed by atoms with E-state index in [-0.39, 0.29) is 23.9 Å². The van der Waals surface area contributed by atoms with Crippen LogP contribution in [-0.2, 0) is 9.59 Å². The summed E-state index contributed by atoms with van der Waals surface area (Å²) in [7, 11) is 0. The van der Waals surface area contributed by atoms with Crippen molar-refractivity contribution in [3.05, 3.63) is 0 Å². The first-order valence-corrected chi connectivity index (χ1v) is 7.49. The number of carbonyl (C=O) groups is 2. The molecule has 0 radical (unpaired) electrons. The smallest absolute Gasteiger partial charge is 0.235 e. The molecule has 112 valence electrons. The average Bonchev–Trinajstić information content (AvgIpc) is 2.40. The molecule has 0 aliphatic carbocycles. The summed E-state index contributed by atoms with van der Waals surface area (Å²) >= 11 is 0. The zero-order valence-corrected chi connectivity index (χ0v) is 13.3. The molecule has 0 aliphatic rings. The van der Waals surface area contributed by atoms with Crippen molar-refractivity contribution >= 4 is 11.8 Å². The van der Waals surface area contributed by atoms with Crippen molar-refractivity contribution < 1.29 is 9.59 Å². The first-order valence-electron chi connectivity index (χ1n) is 7.49. The van der Waals surface area contributed by atoms with Gasteiger partial charge in [0.25, 0.3) is 0 Å². The number of rotatable bonds is 8. The van der Waals surface area contributed by atoms with Gasteiger partial charge in [-0.05, 0) is 39.5 Å². The molecule has 2 atom stereocenters. The molecule has 0 fully saturated rings. The SMILES string of the molecule is CCC(C)NC(=O)C(CC)(CC)C(=O)NC(C)CC. The van der Waals surface area contributed by atoms with E-state index in [0.717, 1.165) is 12.8 Å². The molecule has 4 heteroatoms. The molecule has 0 saturated heterocycles. The Balaban J connectivity index is 5.02. The average molecular weight is 270 g/mol. The van der Waals surface area contributed by atoms with Gasteiger partial charge in [0.05, 0.1) is 0 Å². The highest BCUT2D eigenvalue weighted by atomic mass is 16.2. The van der Waals surface area contributed by atoms with Crippen LogP contribution in [0.15, 0.2) is 0 Å². The van der Waals surface area contributed by atoms with Crippen LogP contribution >= 0.6 is 0 Å². The van der Waals surface area contributed by atoms with Crippen molar-refractivity contribution in [2.45, 2.75) is 79.3 Å². The fourth-order valence-corrected chi connectivity index (χ4v) is 1.92. The second-order valence-electron chi connectivity index (χ2n) is 5.35. The van der Waals surface area contributed by atoms with Gasteiger partial charge in [-0.15, -0.1) is 0 Å². The predicted molar refractivity (Wildman–Crippen MR) is 78.8 cm³/mol. The highest BCUT2D eigenvalue weighted by molar-refractivity contribution is 6.05. The van der Waals surface area contributed by atoms with Crippen LogP contribution in [0.1, 0.15) is 67.2 Å². The molecule has 0 spiro atoms. The van der Waals surface area contributed by atoms with E-state index in [9.17, 15) is 9.59 Å². The Morgan fingerprint density at radius 3 is 1.37 bits per heavy atom. The summed E-state index contributed by atoms with van der Waals surface area (Å²) < 4.78 is 0. The predicted octanol–water partition coefficient (Wildman–Crippen LogP) is 2.62. The third-order valence-electron chi connectivity index (χ3n) is 4.06. The molecule has 0 aromatic carbocycles. The van der Waals surface area contributed by atoms with Crippen molar-refractivity contribution in [2.24, 2.45) is 5.41 Å². The van der Waals surface area contributed by atoms with Crippen LogP contribution in [0, 0.1) is 5.41 Å². The van der Waals surface area contributed by atoms with Gasteiger partial charge in [-0.3, -0.25) is 9.59 Å². The fourth-order valence-electron chi connectivity index (χ4n) is 1.92. The summed E-state index contributed by atoms with van der Waals surface area (Å²) in [6, 6.07) is 0.197. The zero-order valence-electron chi connectivity index (χ0n) is 13.3. The molecule has 2 amide bonds. The van der Waals surface area contributed by atoms with Crippen LogP contribution in [0.5, 0.6) is 0 Å². The second-order valence-corrected chi connectivity index (χ2v) is 5.35. The minimum Gasteiger partial charge on any atom is -0.353 e. The van der Waals surface area contributed by atoms with Crippen LogP contribution in [0.2, 0.25) is 0 Å².